The maximum Gasteiger partial charge on any atom is 0.226 e. The molecule has 0 saturated carbocycles. The molecule has 3 rings (SSSR count). The van der Waals surface area contributed by atoms with Crippen molar-refractivity contribution in [1.82, 2.24) is 19.5 Å². The molecule has 0 aliphatic carbocycles. The van der Waals surface area contributed by atoms with Crippen LogP contribution in [0.2, 0.25) is 0 Å². The van der Waals surface area contributed by atoms with Crippen LogP contribution in [0.15, 0.2) is 24.5 Å². The number of rotatable bonds is 7. The second kappa shape index (κ2) is 7.40. The molecule has 0 fully saturated rings. The second-order valence-corrected chi connectivity index (χ2v) is 7.40. The van der Waals surface area contributed by atoms with E-state index in [9.17, 15) is 10.2 Å². The molecule has 0 aliphatic rings. The summed E-state index contributed by atoms with van der Waals surface area (Å²) in [5, 5.41) is 26.3. The van der Waals surface area contributed by atoms with Crippen molar-refractivity contribution in [3.63, 3.8) is 0 Å². The second-order valence-electron chi connectivity index (χ2n) is 7.40. The first-order valence-corrected chi connectivity index (χ1v) is 8.90. The predicted octanol–water partition coefficient (Wildman–Crippen LogP) is 2.56. The molecule has 8 nitrogen and oxygen atoms in total. The molecule has 0 saturated heterocycles. The van der Waals surface area contributed by atoms with E-state index in [0.717, 1.165) is 11.1 Å². The van der Waals surface area contributed by atoms with Gasteiger partial charge in [0.1, 0.15) is 5.75 Å². The molecule has 1 aromatic carbocycles. The summed E-state index contributed by atoms with van der Waals surface area (Å²) in [4.78, 5) is 13.4. The molecule has 144 valence electrons. The smallest absolute Gasteiger partial charge is 0.226 e. The number of benzene rings is 1. The molecule has 8 heteroatoms. The third-order valence-electron chi connectivity index (χ3n) is 4.26. The van der Waals surface area contributed by atoms with E-state index >= 15 is 0 Å². The molecule has 2 heterocycles. The zero-order chi connectivity index (χ0) is 19.6. The van der Waals surface area contributed by atoms with Crippen molar-refractivity contribution in [2.75, 3.05) is 17.2 Å². The SMILES string of the molecule is Cc1ccc(O)c(CNc2nc(NCCC(C)(C)O)nc3c2ncn3C)c1. The Hall–Kier alpha value is -2.87. The molecule has 27 heavy (non-hydrogen) atoms. The summed E-state index contributed by atoms with van der Waals surface area (Å²) in [5.41, 5.74) is 2.47. The largest absolute Gasteiger partial charge is 0.508 e. The Bertz CT molecular complexity index is 945. The van der Waals surface area contributed by atoms with E-state index in [1.165, 1.54) is 0 Å². The molecule has 0 amide bonds. The van der Waals surface area contributed by atoms with Crippen LogP contribution in [0.1, 0.15) is 31.4 Å². The highest BCUT2D eigenvalue weighted by molar-refractivity contribution is 5.84. The molecular weight excluding hydrogens is 344 g/mol. The molecule has 0 unspecified atom stereocenters. The van der Waals surface area contributed by atoms with E-state index in [-0.39, 0.29) is 5.75 Å². The van der Waals surface area contributed by atoms with Gasteiger partial charge in [0.15, 0.2) is 17.0 Å². The Kier molecular flexibility index (Phi) is 5.18. The number of aromatic nitrogens is 4. The van der Waals surface area contributed by atoms with Crippen molar-refractivity contribution in [2.24, 2.45) is 7.05 Å². The number of anilines is 2. The van der Waals surface area contributed by atoms with E-state index in [4.69, 9.17) is 0 Å². The number of hydrogen-bond acceptors (Lipinski definition) is 7. The normalized spacial score (nSPS) is 11.7. The van der Waals surface area contributed by atoms with Gasteiger partial charge in [0.2, 0.25) is 5.95 Å². The molecule has 0 aliphatic heterocycles. The minimum absolute atomic E-state index is 0.239. The van der Waals surface area contributed by atoms with Crippen LogP contribution in [0.5, 0.6) is 5.75 Å². The fourth-order valence-electron chi connectivity index (χ4n) is 2.72. The van der Waals surface area contributed by atoms with Crippen molar-refractivity contribution in [3.05, 3.63) is 35.7 Å². The highest BCUT2D eigenvalue weighted by atomic mass is 16.3. The van der Waals surface area contributed by atoms with Crippen LogP contribution in [0.25, 0.3) is 11.2 Å². The van der Waals surface area contributed by atoms with Crippen LogP contribution in [0.4, 0.5) is 11.8 Å². The molecule has 0 bridgehead atoms. The lowest BCUT2D eigenvalue weighted by Gasteiger charge is -2.17. The molecule has 4 N–H and O–H groups in total. The third kappa shape index (κ3) is 4.65. The molecule has 0 atom stereocenters. The molecule has 0 spiro atoms. The van der Waals surface area contributed by atoms with Crippen molar-refractivity contribution < 1.29 is 10.2 Å². The van der Waals surface area contributed by atoms with Gasteiger partial charge >= 0.3 is 0 Å². The summed E-state index contributed by atoms with van der Waals surface area (Å²) in [7, 11) is 1.87. The fourth-order valence-corrected chi connectivity index (χ4v) is 2.72. The lowest BCUT2D eigenvalue weighted by molar-refractivity contribution is 0.0748. The highest BCUT2D eigenvalue weighted by Gasteiger charge is 2.15. The lowest BCUT2D eigenvalue weighted by atomic mass is 10.1. The first kappa shape index (κ1) is 18.9. The lowest BCUT2D eigenvalue weighted by Crippen LogP contribution is -2.23. The van der Waals surface area contributed by atoms with Gasteiger partial charge in [-0.1, -0.05) is 17.7 Å². The zero-order valence-corrected chi connectivity index (χ0v) is 16.1. The molecule has 0 radical (unpaired) electrons. The number of aryl methyl sites for hydroxylation is 2. The van der Waals surface area contributed by atoms with Gasteiger partial charge in [-0.3, -0.25) is 0 Å². The Balaban J connectivity index is 1.83. The number of nitrogens with one attached hydrogen (secondary N) is 2. The van der Waals surface area contributed by atoms with Gasteiger partial charge < -0.3 is 25.4 Å². The van der Waals surface area contributed by atoms with E-state index in [2.05, 4.69) is 25.6 Å². The van der Waals surface area contributed by atoms with Gasteiger partial charge in [0.05, 0.1) is 11.9 Å². The van der Waals surface area contributed by atoms with Gasteiger partial charge in [-0.05, 0) is 33.3 Å². The molecule has 2 aromatic heterocycles. The van der Waals surface area contributed by atoms with Crippen LogP contribution >= 0.6 is 0 Å². The average molecular weight is 370 g/mol. The van der Waals surface area contributed by atoms with Crippen LogP contribution in [-0.2, 0) is 13.6 Å². The van der Waals surface area contributed by atoms with Crippen molar-refractivity contribution in [1.29, 1.82) is 0 Å². The fraction of sp³-hybridized carbons (Fsp3) is 0.421. The number of hydrogen-bond donors (Lipinski definition) is 4. The Morgan fingerprint density at radius 2 is 1.96 bits per heavy atom. The van der Waals surface area contributed by atoms with E-state index in [1.54, 1.807) is 26.2 Å². The minimum atomic E-state index is -0.757. The van der Waals surface area contributed by atoms with E-state index < -0.39 is 5.60 Å². The Morgan fingerprint density at radius 3 is 2.70 bits per heavy atom. The highest BCUT2D eigenvalue weighted by Crippen LogP contribution is 2.23. The molecule has 3 aromatic rings. The average Bonchev–Trinajstić information content (AvgIpc) is 2.96. The van der Waals surface area contributed by atoms with E-state index in [0.29, 0.717) is 42.4 Å². The number of aliphatic hydroxyl groups is 1. The van der Waals surface area contributed by atoms with E-state index in [1.807, 2.05) is 30.7 Å². The predicted molar refractivity (Wildman–Crippen MR) is 106 cm³/mol. The van der Waals surface area contributed by atoms with Gasteiger partial charge in [-0.25, -0.2) is 4.98 Å². The number of imidazole rings is 1. The first-order valence-electron chi connectivity index (χ1n) is 8.90. The summed E-state index contributed by atoms with van der Waals surface area (Å²) in [6.45, 7) is 6.47. The third-order valence-corrected chi connectivity index (χ3v) is 4.26. The van der Waals surface area contributed by atoms with Gasteiger partial charge in [-0.15, -0.1) is 0 Å². The summed E-state index contributed by atoms with van der Waals surface area (Å²) in [6, 6.07) is 5.49. The van der Waals surface area contributed by atoms with Crippen molar-refractivity contribution in [3.8, 4) is 5.75 Å². The van der Waals surface area contributed by atoms with Crippen LogP contribution < -0.4 is 10.6 Å². The van der Waals surface area contributed by atoms with Crippen molar-refractivity contribution >= 4 is 22.9 Å². The van der Waals surface area contributed by atoms with Gasteiger partial charge in [-0.2, -0.15) is 9.97 Å². The molecular formula is C19H26N6O2. The Labute approximate surface area is 158 Å². The Morgan fingerprint density at radius 1 is 1.19 bits per heavy atom. The number of fused-ring (bicyclic) bond motifs is 1. The standard InChI is InChI=1S/C19H26N6O2/c1-12-5-6-14(26)13(9-12)10-21-16-15-17(25(4)11-22-15)24-18(23-16)20-8-7-19(2,3)27/h5-6,9,11,26-27H,7-8,10H2,1-4H3,(H2,20,21,23,24). The number of nitrogens with zero attached hydrogens (tertiary/aromatic N) is 4. The number of phenolic OH excluding ortho intramolecular Hbond substituents is 1. The van der Waals surface area contributed by atoms with Crippen molar-refractivity contribution in [2.45, 2.75) is 39.3 Å². The zero-order valence-electron chi connectivity index (χ0n) is 16.1. The summed E-state index contributed by atoms with van der Waals surface area (Å²) in [5.74, 6) is 1.29. The maximum absolute atomic E-state index is 10.0. The first-order chi connectivity index (χ1) is 12.7. The monoisotopic (exact) mass is 370 g/mol. The number of phenols is 1. The van der Waals surface area contributed by atoms with Gasteiger partial charge in [0, 0.05) is 25.7 Å². The number of aromatic hydroxyl groups is 1. The maximum atomic E-state index is 10.0. The van der Waals surface area contributed by atoms with Crippen LogP contribution in [0, 0.1) is 6.92 Å². The summed E-state index contributed by atoms with van der Waals surface area (Å²) in [6.07, 6.45) is 2.26. The summed E-state index contributed by atoms with van der Waals surface area (Å²) < 4.78 is 1.83. The topological polar surface area (TPSA) is 108 Å². The van der Waals surface area contributed by atoms with Crippen LogP contribution in [-0.4, -0.2) is 41.9 Å². The minimum Gasteiger partial charge on any atom is -0.508 e. The van der Waals surface area contributed by atoms with Gasteiger partial charge in [0.25, 0.3) is 0 Å². The summed E-state index contributed by atoms with van der Waals surface area (Å²) >= 11 is 0. The quantitative estimate of drug-likeness (QED) is 0.506. The van der Waals surface area contributed by atoms with Crippen LogP contribution in [0.3, 0.4) is 0 Å².